The standard InChI is InChI=1S/C66H58N3O.Pt/c1-65(2,3)55-42-50(41-51(43-55)59-44-49(37-38-67-59)47-32-34-54(35-33-47)66(4,52-23-10-6-11-24-52)53-25-12-7-13-26-53)56-28-18-29-61-63(56)68-64(57-27-16-17-30-62(57)70)69(61)60-36-31-46(39-45-19-14-15-20-45)40-58(60)48-21-8-5-9-22-48;/h5-13,16-18,21-38,40,42-45,70H,14-15,19-20,39H2,1-4H3;/q-1;. The van der Waals surface area contributed by atoms with Gasteiger partial charge in [-0.05, 0) is 100 Å². The molecule has 0 atom stereocenters. The van der Waals surface area contributed by atoms with Crippen LogP contribution < -0.4 is 0 Å². The van der Waals surface area contributed by atoms with Crippen LogP contribution in [-0.4, -0.2) is 19.6 Å². The van der Waals surface area contributed by atoms with Crippen LogP contribution in [0.3, 0.4) is 0 Å². The minimum Gasteiger partial charge on any atom is -0.507 e. The van der Waals surface area contributed by atoms with Crippen molar-refractivity contribution < 1.29 is 26.2 Å². The average molecular weight is 1100 g/mol. The number of rotatable bonds is 11. The summed E-state index contributed by atoms with van der Waals surface area (Å²) < 4.78 is 2.25. The van der Waals surface area contributed by atoms with E-state index in [-0.39, 0.29) is 37.6 Å². The maximum absolute atomic E-state index is 11.5. The van der Waals surface area contributed by atoms with E-state index in [0.717, 1.165) is 73.7 Å². The number of imidazole rings is 1. The molecule has 0 aliphatic heterocycles. The van der Waals surface area contributed by atoms with Crippen LogP contribution in [0.5, 0.6) is 5.75 Å². The van der Waals surface area contributed by atoms with Crippen molar-refractivity contribution in [3.8, 4) is 67.5 Å². The normalized spacial score (nSPS) is 13.1. The summed E-state index contributed by atoms with van der Waals surface area (Å²) in [5.41, 5.74) is 17.4. The number of para-hydroxylation sites is 2. The Kier molecular flexibility index (Phi) is 13.3. The molecular formula is C66H58N3OPt-. The van der Waals surface area contributed by atoms with Crippen molar-refractivity contribution in [1.82, 2.24) is 14.5 Å². The molecule has 2 heterocycles. The zero-order valence-electron chi connectivity index (χ0n) is 40.8. The van der Waals surface area contributed by atoms with Crippen molar-refractivity contribution in [2.75, 3.05) is 0 Å². The molecule has 1 saturated carbocycles. The van der Waals surface area contributed by atoms with E-state index in [1.54, 1.807) is 6.07 Å². The number of aromatic nitrogens is 3. The number of pyridine rings is 1. The first-order valence-corrected chi connectivity index (χ1v) is 24.9. The van der Waals surface area contributed by atoms with E-state index >= 15 is 0 Å². The molecule has 1 aliphatic carbocycles. The third-order valence-electron chi connectivity index (χ3n) is 14.8. The molecule has 10 aromatic rings. The van der Waals surface area contributed by atoms with Gasteiger partial charge in [0.25, 0.3) is 0 Å². The maximum atomic E-state index is 11.5. The van der Waals surface area contributed by atoms with Gasteiger partial charge in [-0.15, -0.1) is 29.3 Å². The summed E-state index contributed by atoms with van der Waals surface area (Å²) in [5, 5.41) is 11.5. The number of benzene rings is 8. The summed E-state index contributed by atoms with van der Waals surface area (Å²) in [4.78, 5) is 10.5. The summed E-state index contributed by atoms with van der Waals surface area (Å²) in [5.74, 6) is 1.59. The smallest absolute Gasteiger partial charge is 0.148 e. The second-order valence-electron chi connectivity index (χ2n) is 20.3. The third kappa shape index (κ3) is 9.35. The van der Waals surface area contributed by atoms with Crippen LogP contribution in [0.1, 0.15) is 81.2 Å². The van der Waals surface area contributed by atoms with Crippen LogP contribution in [0.2, 0.25) is 0 Å². The Morgan fingerprint density at radius 1 is 0.549 bits per heavy atom. The number of phenols is 1. The number of hydrogen-bond donors (Lipinski definition) is 1. The Hall–Kier alpha value is -7.13. The molecule has 0 amide bonds. The molecular weight excluding hydrogens is 1050 g/mol. The fourth-order valence-corrected chi connectivity index (χ4v) is 10.8. The number of phenolic OH excluding ortho intramolecular Hbond substituents is 1. The van der Waals surface area contributed by atoms with Crippen LogP contribution in [0.4, 0.5) is 0 Å². The number of fused-ring (bicyclic) bond motifs is 1. The van der Waals surface area contributed by atoms with Gasteiger partial charge >= 0.3 is 0 Å². The molecule has 0 unspecified atom stereocenters. The van der Waals surface area contributed by atoms with E-state index < -0.39 is 0 Å². The van der Waals surface area contributed by atoms with Gasteiger partial charge < -0.3 is 5.11 Å². The molecule has 0 saturated heterocycles. The average Bonchev–Trinajstić information content (AvgIpc) is 4.07. The molecule has 1 aliphatic rings. The zero-order valence-corrected chi connectivity index (χ0v) is 43.1. The van der Waals surface area contributed by atoms with E-state index in [4.69, 9.17) is 9.97 Å². The first-order chi connectivity index (χ1) is 34.1. The molecule has 5 heteroatoms. The van der Waals surface area contributed by atoms with Gasteiger partial charge in [-0.3, -0.25) is 9.55 Å². The number of nitrogens with zero attached hydrogens (tertiary/aromatic N) is 3. The van der Waals surface area contributed by atoms with Crippen LogP contribution in [0.15, 0.2) is 206 Å². The minimum atomic E-state index is -0.326. The molecule has 11 rings (SSSR count). The van der Waals surface area contributed by atoms with E-state index in [1.807, 2.05) is 24.4 Å². The van der Waals surface area contributed by atoms with Crippen molar-refractivity contribution >= 4 is 11.0 Å². The first kappa shape index (κ1) is 47.5. The van der Waals surface area contributed by atoms with Gasteiger partial charge in [-0.25, -0.2) is 4.98 Å². The molecule has 1 N–H and O–H groups in total. The molecule has 8 aromatic carbocycles. The Morgan fingerprint density at radius 2 is 1.17 bits per heavy atom. The molecule has 0 bridgehead atoms. The van der Waals surface area contributed by atoms with Crippen molar-refractivity contribution in [2.24, 2.45) is 5.92 Å². The van der Waals surface area contributed by atoms with Gasteiger partial charge in [0.2, 0.25) is 0 Å². The van der Waals surface area contributed by atoms with Gasteiger partial charge in [-0.1, -0.05) is 209 Å². The Balaban J connectivity index is 0.00000582. The van der Waals surface area contributed by atoms with Crippen LogP contribution in [0.25, 0.3) is 72.7 Å². The molecule has 1 fully saturated rings. The van der Waals surface area contributed by atoms with E-state index in [2.05, 4.69) is 214 Å². The second-order valence-corrected chi connectivity index (χ2v) is 20.3. The summed E-state index contributed by atoms with van der Waals surface area (Å²) in [6, 6.07) is 74.9. The van der Waals surface area contributed by atoms with Gasteiger partial charge in [0.05, 0.1) is 22.3 Å². The SMILES string of the molecule is CC(C)(C)c1cc(-c2cc(-c3ccc(C(C)(c4ccccc4)c4ccccc4)cc3)ccn2)[c-]c(-c2cccc3c2nc(-c2ccccc2O)n3-c2ccc(CC3CCCC3)cc2-c2ccccc2)c1.[Pt]. The van der Waals surface area contributed by atoms with Gasteiger partial charge in [0.1, 0.15) is 11.6 Å². The first-order valence-electron chi connectivity index (χ1n) is 24.9. The summed E-state index contributed by atoms with van der Waals surface area (Å²) >= 11 is 0. The van der Waals surface area contributed by atoms with Crippen molar-refractivity contribution in [3.63, 3.8) is 0 Å². The largest absolute Gasteiger partial charge is 0.507 e. The quantitative estimate of drug-likeness (QED) is 0.104. The molecule has 4 nitrogen and oxygen atoms in total. The summed E-state index contributed by atoms with van der Waals surface area (Å²) in [7, 11) is 0. The molecule has 2 aromatic heterocycles. The van der Waals surface area contributed by atoms with Crippen molar-refractivity contribution in [2.45, 2.75) is 70.6 Å². The summed E-state index contributed by atoms with van der Waals surface area (Å²) in [6.07, 6.45) is 8.23. The molecule has 354 valence electrons. The topological polar surface area (TPSA) is 50.9 Å². The molecule has 0 spiro atoms. The monoisotopic (exact) mass is 1100 g/mol. The number of hydrogen-bond acceptors (Lipinski definition) is 3. The van der Waals surface area contributed by atoms with Crippen LogP contribution in [0, 0.1) is 12.0 Å². The van der Waals surface area contributed by atoms with Gasteiger partial charge in [0.15, 0.2) is 0 Å². The maximum Gasteiger partial charge on any atom is 0.148 e. The Labute approximate surface area is 433 Å². The van der Waals surface area contributed by atoms with E-state index in [1.165, 1.54) is 53.5 Å². The van der Waals surface area contributed by atoms with Crippen LogP contribution >= 0.6 is 0 Å². The Bertz CT molecular complexity index is 3420. The van der Waals surface area contributed by atoms with Gasteiger partial charge in [0, 0.05) is 43.9 Å². The Morgan fingerprint density at radius 3 is 1.85 bits per heavy atom. The fourth-order valence-electron chi connectivity index (χ4n) is 10.8. The molecule has 0 radical (unpaired) electrons. The second kappa shape index (κ2) is 19.9. The van der Waals surface area contributed by atoms with E-state index in [9.17, 15) is 5.11 Å². The van der Waals surface area contributed by atoms with E-state index in [0.29, 0.717) is 11.4 Å². The van der Waals surface area contributed by atoms with Gasteiger partial charge in [-0.2, -0.15) is 0 Å². The van der Waals surface area contributed by atoms with Crippen molar-refractivity contribution in [1.29, 1.82) is 0 Å². The minimum absolute atomic E-state index is 0. The predicted octanol–water partition coefficient (Wildman–Crippen LogP) is 16.6. The third-order valence-corrected chi connectivity index (χ3v) is 14.8. The predicted molar refractivity (Wildman–Crippen MR) is 289 cm³/mol. The summed E-state index contributed by atoms with van der Waals surface area (Å²) in [6.45, 7) is 9.09. The fraction of sp³-hybridized carbons (Fsp3) is 0.182. The van der Waals surface area contributed by atoms with Crippen LogP contribution in [-0.2, 0) is 38.3 Å². The molecule has 71 heavy (non-hydrogen) atoms. The van der Waals surface area contributed by atoms with Crippen molar-refractivity contribution in [3.05, 3.63) is 240 Å². The zero-order chi connectivity index (χ0) is 47.8. The number of aromatic hydroxyl groups is 1.